The minimum atomic E-state index is -1.75. The lowest BCUT2D eigenvalue weighted by atomic mass is 10.3. The van der Waals surface area contributed by atoms with Gasteiger partial charge in [-0.25, -0.2) is 4.39 Å². The first-order valence-corrected chi connectivity index (χ1v) is 9.45. The highest BCUT2D eigenvalue weighted by Gasteiger charge is 2.34. The molecule has 0 amide bonds. The topological polar surface area (TPSA) is 0 Å². The second kappa shape index (κ2) is 5.65. The molecule has 0 unspecified atom stereocenters. The standard InChI is InChI=1S/C12H17BrClFSi/c1-4-16(5-2,6-3)12-10(14)8-7-9(13)11(12)15/h7-8H,4-6H2,1-3H3. The van der Waals surface area contributed by atoms with Crippen LogP contribution < -0.4 is 5.19 Å². The molecule has 1 rings (SSSR count). The summed E-state index contributed by atoms with van der Waals surface area (Å²) in [4.78, 5) is 0. The Morgan fingerprint density at radius 3 is 2.12 bits per heavy atom. The van der Waals surface area contributed by atoms with Gasteiger partial charge in [-0.15, -0.1) is 0 Å². The molecule has 1 aromatic carbocycles. The molecule has 0 saturated carbocycles. The van der Waals surface area contributed by atoms with Gasteiger partial charge in [0, 0.05) is 5.02 Å². The first kappa shape index (κ1) is 14.2. The van der Waals surface area contributed by atoms with Crippen molar-refractivity contribution in [3.63, 3.8) is 0 Å². The average Bonchev–Trinajstić information content (AvgIpc) is 2.30. The van der Waals surface area contributed by atoms with Gasteiger partial charge in [-0.05, 0) is 33.2 Å². The minimum absolute atomic E-state index is 0.148. The first-order chi connectivity index (χ1) is 7.52. The maximum Gasteiger partial charge on any atom is 0.138 e. The largest absolute Gasteiger partial charge is 0.206 e. The molecule has 1 aromatic rings. The Labute approximate surface area is 111 Å². The van der Waals surface area contributed by atoms with E-state index in [9.17, 15) is 4.39 Å². The van der Waals surface area contributed by atoms with E-state index in [1.165, 1.54) is 0 Å². The molecule has 0 heterocycles. The van der Waals surface area contributed by atoms with E-state index in [4.69, 9.17) is 11.6 Å². The molecule has 0 nitrogen and oxygen atoms in total. The third-order valence-electron chi connectivity index (χ3n) is 3.60. The van der Waals surface area contributed by atoms with Crippen molar-refractivity contribution in [2.75, 3.05) is 0 Å². The maximum atomic E-state index is 14.2. The molecule has 0 N–H and O–H groups in total. The SMILES string of the molecule is CC[Si](CC)(CC)c1c(Cl)ccc(Br)c1F. The molecule has 0 aliphatic rings. The lowest BCUT2D eigenvalue weighted by Gasteiger charge is -2.30. The van der Waals surface area contributed by atoms with E-state index in [1.807, 2.05) is 0 Å². The molecule has 0 saturated heterocycles. The van der Waals surface area contributed by atoms with Crippen LogP contribution in [0.1, 0.15) is 20.8 Å². The summed E-state index contributed by atoms with van der Waals surface area (Å²) >= 11 is 9.44. The van der Waals surface area contributed by atoms with Gasteiger partial charge in [0.25, 0.3) is 0 Å². The summed E-state index contributed by atoms with van der Waals surface area (Å²) in [6.45, 7) is 6.45. The van der Waals surface area contributed by atoms with Gasteiger partial charge in [0.15, 0.2) is 0 Å². The molecule has 0 aromatic heterocycles. The molecule has 0 aliphatic heterocycles. The van der Waals surface area contributed by atoms with Crippen LogP contribution in [0.5, 0.6) is 0 Å². The van der Waals surface area contributed by atoms with Gasteiger partial charge in [-0.3, -0.25) is 0 Å². The van der Waals surface area contributed by atoms with Gasteiger partial charge in [-0.2, -0.15) is 0 Å². The van der Waals surface area contributed by atoms with Gasteiger partial charge in [0.1, 0.15) is 5.82 Å². The van der Waals surface area contributed by atoms with Crippen molar-refractivity contribution in [1.29, 1.82) is 0 Å². The first-order valence-electron chi connectivity index (χ1n) is 5.66. The highest BCUT2D eigenvalue weighted by atomic mass is 79.9. The second-order valence-electron chi connectivity index (χ2n) is 4.06. The van der Waals surface area contributed by atoms with E-state index in [0.717, 1.165) is 23.3 Å². The van der Waals surface area contributed by atoms with E-state index < -0.39 is 8.07 Å². The van der Waals surface area contributed by atoms with Crippen LogP contribution in [0.2, 0.25) is 23.2 Å². The molecular weight excluding hydrogens is 307 g/mol. The third kappa shape index (κ3) is 2.36. The lowest BCUT2D eigenvalue weighted by molar-refractivity contribution is 0.628. The van der Waals surface area contributed by atoms with Crippen molar-refractivity contribution in [3.8, 4) is 0 Å². The fourth-order valence-corrected chi connectivity index (χ4v) is 7.31. The zero-order valence-corrected chi connectivity index (χ0v) is 13.3. The van der Waals surface area contributed by atoms with Crippen molar-refractivity contribution in [2.45, 2.75) is 38.9 Å². The normalized spacial score (nSPS) is 11.9. The fourth-order valence-electron chi connectivity index (χ4n) is 2.29. The van der Waals surface area contributed by atoms with Gasteiger partial charge >= 0.3 is 0 Å². The van der Waals surface area contributed by atoms with Crippen molar-refractivity contribution in [1.82, 2.24) is 0 Å². The number of rotatable bonds is 4. The Morgan fingerprint density at radius 1 is 1.19 bits per heavy atom. The quantitative estimate of drug-likeness (QED) is 0.543. The van der Waals surface area contributed by atoms with Crippen molar-refractivity contribution < 1.29 is 4.39 Å². The molecule has 0 aliphatic carbocycles. The van der Waals surface area contributed by atoms with Gasteiger partial charge < -0.3 is 0 Å². The molecule has 16 heavy (non-hydrogen) atoms. The van der Waals surface area contributed by atoms with Crippen LogP contribution >= 0.6 is 27.5 Å². The summed E-state index contributed by atoms with van der Waals surface area (Å²) in [7, 11) is -1.75. The summed E-state index contributed by atoms with van der Waals surface area (Å²) < 4.78 is 14.7. The highest BCUT2D eigenvalue weighted by molar-refractivity contribution is 9.10. The van der Waals surface area contributed by atoms with E-state index in [0.29, 0.717) is 9.50 Å². The van der Waals surface area contributed by atoms with Crippen LogP contribution in [0.15, 0.2) is 16.6 Å². The lowest BCUT2D eigenvalue weighted by Crippen LogP contribution is -2.48. The smallest absolute Gasteiger partial charge is 0.138 e. The Bertz CT molecular complexity index is 369. The molecule has 4 heteroatoms. The Hall–Kier alpha value is 0.137. The fraction of sp³-hybridized carbons (Fsp3) is 0.500. The number of hydrogen-bond donors (Lipinski definition) is 0. The second-order valence-corrected chi connectivity index (χ2v) is 10.5. The average molecular weight is 324 g/mol. The third-order valence-corrected chi connectivity index (χ3v) is 10.3. The summed E-state index contributed by atoms with van der Waals surface area (Å²) in [5.74, 6) is -0.148. The van der Waals surface area contributed by atoms with Crippen LogP contribution in [0.4, 0.5) is 4.39 Å². The van der Waals surface area contributed by atoms with Crippen LogP contribution in [0.3, 0.4) is 0 Å². The van der Waals surface area contributed by atoms with E-state index in [1.54, 1.807) is 12.1 Å². The molecular formula is C12H17BrClFSi. The molecule has 0 bridgehead atoms. The summed E-state index contributed by atoms with van der Waals surface area (Å²) in [6, 6.07) is 6.58. The van der Waals surface area contributed by atoms with Crippen LogP contribution in [-0.2, 0) is 0 Å². The van der Waals surface area contributed by atoms with Crippen molar-refractivity contribution in [2.24, 2.45) is 0 Å². The van der Waals surface area contributed by atoms with Gasteiger partial charge in [-0.1, -0.05) is 50.5 Å². The monoisotopic (exact) mass is 322 g/mol. The zero-order chi connectivity index (χ0) is 12.3. The van der Waals surface area contributed by atoms with E-state index in [-0.39, 0.29) is 5.82 Å². The minimum Gasteiger partial charge on any atom is -0.206 e. The van der Waals surface area contributed by atoms with Gasteiger partial charge in [0.2, 0.25) is 0 Å². The predicted octanol–water partition coefficient (Wildman–Crippen LogP) is 4.96. The Morgan fingerprint density at radius 2 is 1.69 bits per heavy atom. The molecule has 0 radical (unpaired) electrons. The molecule has 90 valence electrons. The number of hydrogen-bond acceptors (Lipinski definition) is 0. The summed E-state index contributed by atoms with van der Waals surface area (Å²) in [5, 5.41) is 1.40. The van der Waals surface area contributed by atoms with Crippen molar-refractivity contribution >= 4 is 40.8 Å². The van der Waals surface area contributed by atoms with E-state index >= 15 is 0 Å². The molecule has 0 spiro atoms. The number of benzene rings is 1. The molecule has 0 fully saturated rings. The number of halogens is 3. The summed E-state index contributed by atoms with van der Waals surface area (Å²) in [6.07, 6.45) is 0. The predicted molar refractivity (Wildman–Crippen MR) is 75.9 cm³/mol. The van der Waals surface area contributed by atoms with Crippen LogP contribution in [-0.4, -0.2) is 8.07 Å². The van der Waals surface area contributed by atoms with Crippen LogP contribution in [0, 0.1) is 5.82 Å². The Kier molecular flexibility index (Phi) is 5.01. The highest BCUT2D eigenvalue weighted by Crippen LogP contribution is 2.28. The molecule has 0 atom stereocenters. The van der Waals surface area contributed by atoms with Crippen molar-refractivity contribution in [3.05, 3.63) is 27.4 Å². The Balaban J connectivity index is 3.45. The maximum absolute atomic E-state index is 14.2. The van der Waals surface area contributed by atoms with Crippen LogP contribution in [0.25, 0.3) is 0 Å². The van der Waals surface area contributed by atoms with Gasteiger partial charge in [0.05, 0.1) is 12.5 Å². The zero-order valence-electron chi connectivity index (χ0n) is 9.91. The van der Waals surface area contributed by atoms with E-state index in [2.05, 4.69) is 36.7 Å². The summed E-state index contributed by atoms with van der Waals surface area (Å²) in [5.41, 5.74) is 0.